The molecule has 0 N–H and O–H groups in total. The quantitative estimate of drug-likeness (QED) is 0.306. The van der Waals surface area contributed by atoms with Crippen molar-refractivity contribution >= 4 is 42.4 Å². The third-order valence-corrected chi connectivity index (χ3v) is 13.6. The fourth-order valence-electron chi connectivity index (χ4n) is 5.72. The number of halogens is 1. The molecule has 5 rings (SSSR count). The molecule has 1 aliphatic heterocycles. The van der Waals surface area contributed by atoms with E-state index < -0.39 is 8.32 Å². The Bertz CT molecular complexity index is 1340. The Morgan fingerprint density at radius 2 is 1.82 bits per heavy atom. The summed E-state index contributed by atoms with van der Waals surface area (Å²) in [5, 5.41) is 1.94. The Kier molecular flexibility index (Phi) is 7.35. The highest BCUT2D eigenvalue weighted by Gasteiger charge is 2.44. The average Bonchev–Trinajstić information content (AvgIpc) is 2.87. The number of hydrogen-bond acceptors (Lipinski definition) is 4. The SMILES string of the molecule is CN1CN([C@H]2CCCC[C@@H]2O[Si](C)(C)C(C)(C)C)C(=O)c2cc(Cc3ccc(Cl)cc3)c3cccnc3c21. The molecule has 0 saturated heterocycles. The number of aromatic nitrogens is 1. The van der Waals surface area contributed by atoms with Crippen LogP contribution in [0.2, 0.25) is 23.2 Å². The highest BCUT2D eigenvalue weighted by atomic mass is 35.5. The Morgan fingerprint density at radius 3 is 2.53 bits per heavy atom. The lowest BCUT2D eigenvalue weighted by Crippen LogP contribution is -2.58. The highest BCUT2D eigenvalue weighted by Crippen LogP contribution is 2.42. The van der Waals surface area contributed by atoms with Crippen LogP contribution >= 0.6 is 11.6 Å². The van der Waals surface area contributed by atoms with Gasteiger partial charge in [0.15, 0.2) is 8.32 Å². The predicted molar refractivity (Wildman–Crippen MR) is 160 cm³/mol. The first-order chi connectivity index (χ1) is 18.0. The molecule has 0 radical (unpaired) electrons. The largest absolute Gasteiger partial charge is 0.412 e. The molecule has 1 fully saturated rings. The van der Waals surface area contributed by atoms with E-state index in [1.807, 2.05) is 24.4 Å². The van der Waals surface area contributed by atoms with Gasteiger partial charge in [-0.25, -0.2) is 0 Å². The van der Waals surface area contributed by atoms with Crippen LogP contribution in [0.3, 0.4) is 0 Å². The molecule has 2 aromatic carbocycles. The van der Waals surface area contributed by atoms with E-state index in [9.17, 15) is 4.79 Å². The molecule has 7 heteroatoms. The lowest BCUT2D eigenvalue weighted by atomic mass is 9.89. The van der Waals surface area contributed by atoms with Crippen LogP contribution in [0.15, 0.2) is 48.7 Å². The second-order valence-electron chi connectivity index (χ2n) is 12.5. The number of carbonyl (C=O) groups excluding carboxylic acids is 1. The molecule has 38 heavy (non-hydrogen) atoms. The zero-order valence-corrected chi connectivity index (χ0v) is 25.3. The number of nitrogens with zero attached hydrogens (tertiary/aromatic N) is 3. The molecule has 0 spiro atoms. The van der Waals surface area contributed by atoms with Crippen LogP contribution in [0.4, 0.5) is 5.69 Å². The minimum absolute atomic E-state index is 0.0793. The molecule has 2 atom stereocenters. The molecule has 2 heterocycles. The van der Waals surface area contributed by atoms with Crippen LogP contribution in [0.5, 0.6) is 0 Å². The lowest BCUT2D eigenvalue weighted by molar-refractivity contribution is 0.0218. The predicted octanol–water partition coefficient (Wildman–Crippen LogP) is 7.66. The van der Waals surface area contributed by atoms with Crippen molar-refractivity contribution in [1.29, 1.82) is 0 Å². The highest BCUT2D eigenvalue weighted by molar-refractivity contribution is 6.74. The summed E-state index contributed by atoms with van der Waals surface area (Å²) >= 11 is 6.13. The summed E-state index contributed by atoms with van der Waals surface area (Å²) in [4.78, 5) is 23.3. The molecule has 2 aliphatic rings. The molecule has 3 aromatic rings. The van der Waals surface area contributed by atoms with Crippen LogP contribution in [-0.4, -0.2) is 50.0 Å². The number of pyridine rings is 1. The number of fused-ring (bicyclic) bond motifs is 3. The molecule has 1 aromatic heterocycles. The van der Waals surface area contributed by atoms with Gasteiger partial charge in [-0.2, -0.15) is 0 Å². The summed E-state index contributed by atoms with van der Waals surface area (Å²) in [6, 6.07) is 14.2. The van der Waals surface area contributed by atoms with Crippen LogP contribution in [-0.2, 0) is 10.8 Å². The van der Waals surface area contributed by atoms with Gasteiger partial charge < -0.3 is 14.2 Å². The maximum absolute atomic E-state index is 14.3. The number of benzene rings is 2. The molecule has 1 aliphatic carbocycles. The van der Waals surface area contributed by atoms with Gasteiger partial charge in [0, 0.05) is 23.7 Å². The average molecular weight is 550 g/mol. The third kappa shape index (κ3) is 5.10. The Balaban J connectivity index is 1.53. The van der Waals surface area contributed by atoms with E-state index in [0.29, 0.717) is 13.1 Å². The van der Waals surface area contributed by atoms with E-state index in [4.69, 9.17) is 21.0 Å². The van der Waals surface area contributed by atoms with Crippen molar-refractivity contribution < 1.29 is 9.22 Å². The maximum atomic E-state index is 14.3. The second kappa shape index (κ2) is 10.3. The maximum Gasteiger partial charge on any atom is 0.257 e. The monoisotopic (exact) mass is 549 g/mol. The van der Waals surface area contributed by atoms with Gasteiger partial charge in [-0.15, -0.1) is 0 Å². The normalized spacial score (nSPS) is 20.7. The Labute approximate surface area is 233 Å². The van der Waals surface area contributed by atoms with Gasteiger partial charge in [0.25, 0.3) is 5.91 Å². The number of rotatable bonds is 5. The third-order valence-electron chi connectivity index (χ3n) is 8.82. The summed E-state index contributed by atoms with van der Waals surface area (Å²) in [6.45, 7) is 12.0. The number of hydrogen-bond donors (Lipinski definition) is 0. The number of anilines is 1. The number of amides is 1. The molecule has 0 unspecified atom stereocenters. The van der Waals surface area contributed by atoms with Crippen molar-refractivity contribution in [3.63, 3.8) is 0 Å². The fraction of sp³-hybridized carbons (Fsp3) is 0.484. The van der Waals surface area contributed by atoms with Gasteiger partial charge in [0.05, 0.1) is 35.6 Å². The van der Waals surface area contributed by atoms with Gasteiger partial charge in [-0.1, -0.05) is 63.4 Å². The zero-order valence-electron chi connectivity index (χ0n) is 23.6. The standard InChI is InChI=1S/C31H40ClN3O2Si/c1-31(2,3)38(5,6)37-27-12-8-7-11-26(27)35-20-34(4)29-25(30(35)36)19-22(24-10-9-17-33-28(24)29)18-21-13-15-23(32)16-14-21/h9-10,13-17,19,26-27H,7-8,11-12,18,20H2,1-6H3/t26-,27-/m0/s1. The molecule has 202 valence electrons. The van der Waals surface area contributed by atoms with E-state index in [0.717, 1.165) is 64.0 Å². The van der Waals surface area contributed by atoms with E-state index in [-0.39, 0.29) is 23.1 Å². The molecular formula is C31H40ClN3O2Si. The van der Waals surface area contributed by atoms with Crippen molar-refractivity contribution in [2.24, 2.45) is 0 Å². The minimum Gasteiger partial charge on any atom is -0.412 e. The molecular weight excluding hydrogens is 510 g/mol. The summed E-state index contributed by atoms with van der Waals surface area (Å²) < 4.78 is 6.97. The fourth-order valence-corrected chi connectivity index (χ4v) is 7.23. The van der Waals surface area contributed by atoms with Gasteiger partial charge in [-0.3, -0.25) is 9.78 Å². The van der Waals surface area contributed by atoms with Crippen LogP contribution in [0, 0.1) is 0 Å². The van der Waals surface area contributed by atoms with Gasteiger partial charge >= 0.3 is 0 Å². The molecule has 1 saturated carbocycles. The minimum atomic E-state index is -1.97. The van der Waals surface area contributed by atoms with Gasteiger partial charge in [-0.05, 0) is 72.8 Å². The smallest absolute Gasteiger partial charge is 0.257 e. The first-order valence-corrected chi connectivity index (χ1v) is 17.1. The first-order valence-electron chi connectivity index (χ1n) is 13.8. The van der Waals surface area contributed by atoms with E-state index >= 15 is 0 Å². The van der Waals surface area contributed by atoms with Crippen molar-refractivity contribution in [1.82, 2.24) is 9.88 Å². The molecule has 0 bridgehead atoms. The number of carbonyl (C=O) groups is 1. The van der Waals surface area contributed by atoms with Crippen LogP contribution in [0.1, 0.15) is 67.9 Å². The lowest BCUT2D eigenvalue weighted by Gasteiger charge is -2.48. The van der Waals surface area contributed by atoms with Crippen molar-refractivity contribution in [3.05, 3.63) is 70.4 Å². The van der Waals surface area contributed by atoms with Crippen molar-refractivity contribution in [2.45, 2.75) is 83.2 Å². The summed E-state index contributed by atoms with van der Waals surface area (Å²) in [5.41, 5.74) is 4.82. The zero-order chi connectivity index (χ0) is 27.2. The Hall–Kier alpha value is -2.41. The van der Waals surface area contributed by atoms with E-state index in [1.54, 1.807) is 0 Å². The molecule has 5 nitrogen and oxygen atoms in total. The second-order valence-corrected chi connectivity index (χ2v) is 17.7. The Morgan fingerprint density at radius 1 is 1.11 bits per heavy atom. The van der Waals surface area contributed by atoms with Crippen LogP contribution in [0.25, 0.3) is 10.9 Å². The van der Waals surface area contributed by atoms with Gasteiger partial charge in [0.2, 0.25) is 0 Å². The van der Waals surface area contributed by atoms with Crippen molar-refractivity contribution in [3.8, 4) is 0 Å². The van der Waals surface area contributed by atoms with Gasteiger partial charge in [0.1, 0.15) is 0 Å². The van der Waals surface area contributed by atoms with E-state index in [1.165, 1.54) is 0 Å². The van der Waals surface area contributed by atoms with Crippen LogP contribution < -0.4 is 4.90 Å². The summed E-state index contributed by atoms with van der Waals surface area (Å²) in [6.07, 6.45) is 6.90. The van der Waals surface area contributed by atoms with Crippen molar-refractivity contribution in [2.75, 3.05) is 18.6 Å². The molecule has 1 amide bonds. The topological polar surface area (TPSA) is 45.7 Å². The summed E-state index contributed by atoms with van der Waals surface area (Å²) in [5.74, 6) is 0.0961. The summed E-state index contributed by atoms with van der Waals surface area (Å²) in [7, 11) is 0.109. The van der Waals surface area contributed by atoms with E-state index in [2.05, 4.69) is 75.0 Å². The first kappa shape index (κ1) is 27.2.